The lowest BCUT2D eigenvalue weighted by Crippen LogP contribution is -1.92. The molecule has 0 spiro atoms. The van der Waals surface area contributed by atoms with E-state index in [1.807, 2.05) is 55.0 Å². The number of para-hydroxylation sites is 6. The van der Waals surface area contributed by atoms with Crippen LogP contribution in [-0.2, 0) is 0 Å². The summed E-state index contributed by atoms with van der Waals surface area (Å²) in [6.45, 7) is 0. The third-order valence-electron chi connectivity index (χ3n) is 25.6. The van der Waals surface area contributed by atoms with Gasteiger partial charge in [0, 0.05) is 98.0 Å². The predicted molar refractivity (Wildman–Crippen MR) is 534 cm³/mol. The maximum absolute atomic E-state index is 6.38. The van der Waals surface area contributed by atoms with Gasteiger partial charge in [-0.15, -0.1) is 0 Å². The Kier molecular flexibility index (Phi) is 17.7. The molecule has 600 valence electrons. The van der Waals surface area contributed by atoms with Crippen LogP contribution in [0.1, 0.15) is 0 Å². The molecule has 21 aromatic carbocycles. The molecule has 0 radical (unpaired) electrons. The van der Waals surface area contributed by atoms with E-state index in [0.717, 1.165) is 232 Å². The maximum atomic E-state index is 6.38. The van der Waals surface area contributed by atoms with E-state index < -0.39 is 0 Å². The van der Waals surface area contributed by atoms with Crippen LogP contribution in [0.3, 0.4) is 0 Å². The molecule has 0 atom stereocenters. The normalized spacial score (nSPS) is 11.7. The second-order valence-corrected chi connectivity index (χ2v) is 32.9. The molecule has 0 N–H and O–H groups in total. The number of hydrogen-bond acceptors (Lipinski definition) is 9. The lowest BCUT2D eigenvalue weighted by atomic mass is 9.93. The minimum atomic E-state index is 0.861. The van der Waals surface area contributed by atoms with Crippen molar-refractivity contribution in [3.05, 3.63) is 437 Å². The van der Waals surface area contributed by atoms with Crippen molar-refractivity contribution in [2.24, 2.45) is 0 Å². The average Bonchev–Trinajstić information content (AvgIpc) is 1.33. The molecule has 0 unspecified atom stereocenters. The summed E-state index contributed by atoms with van der Waals surface area (Å²) in [5, 5.41) is 20.8. The summed E-state index contributed by atoms with van der Waals surface area (Å²) in [6, 6.07) is 146. The molecule has 0 fully saturated rings. The predicted octanol–water partition coefficient (Wildman–Crippen LogP) is 32.5. The zero-order valence-electron chi connectivity index (χ0n) is 69.5. The van der Waals surface area contributed by atoms with E-state index in [-0.39, 0.29) is 0 Å². The van der Waals surface area contributed by atoms with Gasteiger partial charge in [0.05, 0.1) is 68.8 Å². The largest absolute Gasteiger partial charge is 0.455 e. The lowest BCUT2D eigenvalue weighted by Gasteiger charge is -2.12. The van der Waals surface area contributed by atoms with Gasteiger partial charge in [-0.05, 0) is 107 Å². The van der Waals surface area contributed by atoms with Crippen molar-refractivity contribution >= 4 is 164 Å². The fourth-order valence-electron chi connectivity index (χ4n) is 19.4. The van der Waals surface area contributed by atoms with Crippen molar-refractivity contribution < 1.29 is 13.3 Å². The summed E-state index contributed by atoms with van der Waals surface area (Å²) in [6.07, 6.45) is 5.69. The Balaban J connectivity index is 0.000000105. The summed E-state index contributed by atoms with van der Waals surface area (Å²) in [5.74, 6) is 0. The van der Waals surface area contributed by atoms with E-state index in [1.165, 1.54) is 32.3 Å². The standard InChI is InChI=1S/3C40H24N2O/c1-3-14-33-30(11-1)31-12-2-4-15-34(31)39-38(33)41-24-36(42-39)26-21-19-25(20-22-26)27-9-7-10-28(23-27)29-16-8-17-35-32-13-5-6-18-37(32)43-40(29)35;1-3-11-33-30(8-1)31-9-2-4-12-34(31)39-38(33)41-24-36(42-39)28-22-18-26(19-23-28)25-16-20-27(21-17-25)29-13-7-14-35-32-10-5-6-15-37(32)43-40(29)35;1-2-11-28(34-17-9-18-35-31-14-7-8-19-37(31)43-40(34)35)27(10-1)25-20-22-26(23-21-25)36-24-41-38-32-15-5-3-12-29(32)30-13-4-6-16-33(30)39(38)42-36/h3*1-24H. The molecule has 9 nitrogen and oxygen atoms in total. The quantitative estimate of drug-likeness (QED) is 0.130. The minimum absolute atomic E-state index is 0.861. The summed E-state index contributed by atoms with van der Waals surface area (Å²) in [7, 11) is 0. The van der Waals surface area contributed by atoms with Gasteiger partial charge in [0.2, 0.25) is 0 Å². The van der Waals surface area contributed by atoms with Crippen LogP contribution in [-0.4, -0.2) is 29.9 Å². The molecule has 0 amide bonds. The number of benzene rings is 21. The van der Waals surface area contributed by atoms with Gasteiger partial charge in [0.15, 0.2) is 0 Å². The number of fused-ring (bicyclic) bond motifs is 27. The molecule has 0 bridgehead atoms. The molecule has 27 rings (SSSR count). The van der Waals surface area contributed by atoms with Gasteiger partial charge < -0.3 is 13.3 Å². The van der Waals surface area contributed by atoms with Gasteiger partial charge in [0.1, 0.15) is 33.5 Å². The third kappa shape index (κ3) is 12.8. The Hall–Kier alpha value is -17.4. The molecule has 129 heavy (non-hydrogen) atoms. The van der Waals surface area contributed by atoms with E-state index in [4.69, 9.17) is 43.2 Å². The first-order valence-electron chi connectivity index (χ1n) is 43.5. The number of nitrogens with zero attached hydrogens (tertiary/aromatic N) is 6. The second kappa shape index (κ2) is 30.8. The highest BCUT2D eigenvalue weighted by Crippen LogP contribution is 2.45. The van der Waals surface area contributed by atoms with E-state index >= 15 is 0 Å². The maximum Gasteiger partial charge on any atom is 0.143 e. The second-order valence-electron chi connectivity index (χ2n) is 32.9. The van der Waals surface area contributed by atoms with Crippen molar-refractivity contribution in [2.45, 2.75) is 0 Å². The molecule has 0 aliphatic rings. The van der Waals surface area contributed by atoms with Crippen LogP contribution in [0, 0.1) is 0 Å². The SMILES string of the molecule is c1cc(-c2ccc(-c3cnc4c5ccccc5c5ccccc5c4n3)cc2)cc(-c2cccc3c2oc2ccccc23)c1.c1ccc(-c2cccc3c2oc2ccccc23)c(-c2ccc(-c3cnc4c5ccccc5c5ccccc5c4n3)cc2)c1.c1ccc2c(c1)oc1c(-c3ccc(-c4ccc(-c5cnc6c7ccccc7c7ccccc7c6n5)cc4)cc3)cccc12. The van der Waals surface area contributed by atoms with E-state index in [2.05, 4.69) is 382 Å². The van der Waals surface area contributed by atoms with Gasteiger partial charge in [-0.3, -0.25) is 15.0 Å². The van der Waals surface area contributed by atoms with Gasteiger partial charge >= 0.3 is 0 Å². The Labute approximate surface area is 739 Å². The monoisotopic (exact) mass is 1640 g/mol. The Morgan fingerprint density at radius 3 is 0.736 bits per heavy atom. The molecular formula is C120H72N6O3. The average molecular weight is 1650 g/mol. The molecular weight excluding hydrogens is 1570 g/mol. The first kappa shape index (κ1) is 74.2. The van der Waals surface area contributed by atoms with Crippen molar-refractivity contribution in [2.75, 3.05) is 0 Å². The third-order valence-corrected chi connectivity index (χ3v) is 25.6. The van der Waals surface area contributed by atoms with Gasteiger partial charge in [0.25, 0.3) is 0 Å². The Morgan fingerprint density at radius 2 is 0.372 bits per heavy atom. The summed E-state index contributed by atoms with van der Waals surface area (Å²) < 4.78 is 19.0. The Bertz CT molecular complexity index is 9090. The van der Waals surface area contributed by atoms with Crippen LogP contribution >= 0.6 is 0 Å². The van der Waals surface area contributed by atoms with Crippen molar-refractivity contribution in [3.63, 3.8) is 0 Å². The van der Waals surface area contributed by atoms with Crippen LogP contribution in [0.25, 0.3) is 264 Å². The molecule has 6 aromatic heterocycles. The van der Waals surface area contributed by atoms with Crippen molar-refractivity contribution in [3.8, 4) is 101 Å². The summed E-state index contributed by atoms with van der Waals surface area (Å²) in [4.78, 5) is 30.3. The first-order chi connectivity index (χ1) is 64.0. The molecule has 6 heterocycles. The van der Waals surface area contributed by atoms with E-state index in [0.29, 0.717) is 0 Å². The van der Waals surface area contributed by atoms with Crippen LogP contribution in [0.2, 0.25) is 0 Å². The molecule has 9 heteroatoms. The van der Waals surface area contributed by atoms with E-state index in [9.17, 15) is 0 Å². The van der Waals surface area contributed by atoms with Gasteiger partial charge in [-0.1, -0.05) is 394 Å². The number of rotatable bonds is 9. The lowest BCUT2D eigenvalue weighted by molar-refractivity contribution is 0.669. The van der Waals surface area contributed by atoms with Gasteiger partial charge in [-0.25, -0.2) is 15.0 Å². The number of hydrogen-bond donors (Lipinski definition) is 0. The van der Waals surface area contributed by atoms with E-state index in [1.54, 1.807) is 0 Å². The van der Waals surface area contributed by atoms with Crippen LogP contribution in [0.5, 0.6) is 0 Å². The van der Waals surface area contributed by atoms with Crippen LogP contribution in [0.4, 0.5) is 0 Å². The molecule has 27 aromatic rings. The smallest absolute Gasteiger partial charge is 0.143 e. The summed E-state index contributed by atoms with van der Waals surface area (Å²) >= 11 is 0. The fraction of sp³-hybridized carbons (Fsp3) is 0. The first-order valence-corrected chi connectivity index (χ1v) is 43.5. The fourth-order valence-corrected chi connectivity index (χ4v) is 19.4. The van der Waals surface area contributed by atoms with Crippen molar-refractivity contribution in [1.29, 1.82) is 0 Å². The molecule has 0 aliphatic heterocycles. The highest BCUT2D eigenvalue weighted by Gasteiger charge is 2.22. The van der Waals surface area contributed by atoms with Crippen LogP contribution in [0.15, 0.2) is 450 Å². The molecule has 0 saturated heterocycles. The zero-order chi connectivity index (χ0) is 85.0. The number of furan rings is 3. The van der Waals surface area contributed by atoms with Gasteiger partial charge in [-0.2, -0.15) is 0 Å². The minimum Gasteiger partial charge on any atom is -0.455 e. The summed E-state index contributed by atoms with van der Waals surface area (Å²) in [5.41, 5.74) is 30.4. The van der Waals surface area contributed by atoms with Crippen LogP contribution < -0.4 is 0 Å². The number of aromatic nitrogens is 6. The highest BCUT2D eigenvalue weighted by atomic mass is 16.3. The highest BCUT2D eigenvalue weighted by molar-refractivity contribution is 6.26. The topological polar surface area (TPSA) is 117 Å². The molecule has 0 aliphatic carbocycles. The zero-order valence-corrected chi connectivity index (χ0v) is 69.5. The van der Waals surface area contributed by atoms with Crippen molar-refractivity contribution in [1.82, 2.24) is 29.9 Å². The Morgan fingerprint density at radius 1 is 0.140 bits per heavy atom. The molecule has 0 saturated carbocycles.